The fraction of sp³-hybridized carbons (Fsp3) is 0. The minimum absolute atomic E-state index is 0.138. The van der Waals surface area contributed by atoms with Crippen LogP contribution in [0.4, 0.5) is 0 Å². The lowest BCUT2D eigenvalue weighted by atomic mass is 10.5. The topological polar surface area (TPSA) is 63.1 Å². The van der Waals surface area contributed by atoms with Crippen LogP contribution in [0.15, 0.2) is 10.8 Å². The van der Waals surface area contributed by atoms with Crippen LogP contribution in [0, 0.1) is 0 Å². The van der Waals surface area contributed by atoms with Crippen molar-refractivity contribution in [2.45, 2.75) is 0 Å². The molecule has 0 bridgehead atoms. The van der Waals surface area contributed by atoms with E-state index in [-0.39, 0.29) is 15.5 Å². The molecule has 11 heavy (non-hydrogen) atoms. The maximum atomic E-state index is 10.3. The highest BCUT2D eigenvalue weighted by Gasteiger charge is 2.07. The zero-order valence-corrected chi connectivity index (χ0v) is 7.43. The van der Waals surface area contributed by atoms with E-state index in [0.29, 0.717) is 0 Å². The normalized spacial score (nSPS) is 9.64. The molecular formula is C5H2BrClN2O2. The van der Waals surface area contributed by atoms with Crippen molar-refractivity contribution in [3.8, 4) is 0 Å². The van der Waals surface area contributed by atoms with E-state index in [0.717, 1.165) is 6.20 Å². The van der Waals surface area contributed by atoms with Gasteiger partial charge in [-0.05, 0) is 15.9 Å². The van der Waals surface area contributed by atoms with Gasteiger partial charge in [0, 0.05) is 0 Å². The third-order valence-corrected chi connectivity index (χ3v) is 1.97. The van der Waals surface area contributed by atoms with E-state index < -0.39 is 5.97 Å². The van der Waals surface area contributed by atoms with E-state index in [1.807, 2.05) is 0 Å². The van der Waals surface area contributed by atoms with Crippen LogP contribution in [0.2, 0.25) is 5.15 Å². The third kappa shape index (κ3) is 1.87. The van der Waals surface area contributed by atoms with Gasteiger partial charge in [0.2, 0.25) is 0 Å². The molecule has 0 aliphatic rings. The van der Waals surface area contributed by atoms with Crippen LogP contribution < -0.4 is 0 Å². The Bertz CT molecular complexity index is 305. The molecule has 1 aromatic rings. The van der Waals surface area contributed by atoms with E-state index in [9.17, 15) is 4.79 Å². The van der Waals surface area contributed by atoms with Crippen molar-refractivity contribution in [3.63, 3.8) is 0 Å². The number of nitrogens with zero attached hydrogens (tertiary/aromatic N) is 2. The van der Waals surface area contributed by atoms with Crippen LogP contribution in [0.5, 0.6) is 0 Å². The lowest BCUT2D eigenvalue weighted by Crippen LogP contribution is -2.01. The average molecular weight is 237 g/mol. The lowest BCUT2D eigenvalue weighted by molar-refractivity contribution is 0.0689. The van der Waals surface area contributed by atoms with Crippen molar-refractivity contribution in [1.29, 1.82) is 0 Å². The molecule has 0 aliphatic carbocycles. The first-order valence-corrected chi connectivity index (χ1v) is 3.69. The molecule has 58 valence electrons. The number of hydrogen-bond acceptors (Lipinski definition) is 3. The van der Waals surface area contributed by atoms with Gasteiger partial charge in [0.25, 0.3) is 0 Å². The van der Waals surface area contributed by atoms with Crippen LogP contribution in [0.1, 0.15) is 10.5 Å². The van der Waals surface area contributed by atoms with Crippen molar-refractivity contribution in [3.05, 3.63) is 21.6 Å². The fourth-order valence-electron chi connectivity index (χ4n) is 0.455. The van der Waals surface area contributed by atoms with E-state index in [1.165, 1.54) is 0 Å². The SMILES string of the molecule is O=C(O)c1cnc(Cl)c(Br)n1. The molecule has 0 unspecified atom stereocenters. The second kappa shape index (κ2) is 3.15. The van der Waals surface area contributed by atoms with Crippen molar-refractivity contribution >= 4 is 33.5 Å². The van der Waals surface area contributed by atoms with Gasteiger partial charge in [-0.2, -0.15) is 0 Å². The number of carboxylic acids is 1. The minimum atomic E-state index is -1.13. The molecule has 1 N–H and O–H groups in total. The van der Waals surface area contributed by atoms with Crippen molar-refractivity contribution in [2.75, 3.05) is 0 Å². The molecule has 0 saturated heterocycles. The van der Waals surface area contributed by atoms with E-state index in [4.69, 9.17) is 16.7 Å². The van der Waals surface area contributed by atoms with Crippen LogP contribution >= 0.6 is 27.5 Å². The Labute approximate surface area is 75.4 Å². The number of carboxylic acid groups (broad SMARTS) is 1. The first kappa shape index (κ1) is 8.42. The fourth-order valence-corrected chi connectivity index (χ4v) is 0.839. The molecule has 0 atom stereocenters. The van der Waals surface area contributed by atoms with Gasteiger partial charge >= 0.3 is 5.97 Å². The Morgan fingerprint density at radius 1 is 1.73 bits per heavy atom. The molecule has 6 heteroatoms. The molecule has 0 amide bonds. The van der Waals surface area contributed by atoms with Crippen molar-refractivity contribution < 1.29 is 9.90 Å². The Morgan fingerprint density at radius 3 is 2.82 bits per heavy atom. The Kier molecular flexibility index (Phi) is 2.41. The number of hydrogen-bond donors (Lipinski definition) is 1. The standard InChI is InChI=1S/C5H2BrClN2O2/c6-3-4(7)8-1-2(9-3)5(10)11/h1H,(H,10,11). The predicted octanol–water partition coefficient (Wildman–Crippen LogP) is 1.59. The van der Waals surface area contributed by atoms with Gasteiger partial charge in [-0.25, -0.2) is 14.8 Å². The van der Waals surface area contributed by atoms with Crippen LogP contribution in [-0.2, 0) is 0 Å². The lowest BCUT2D eigenvalue weighted by Gasteiger charge is -1.94. The Hall–Kier alpha value is -0.680. The molecule has 0 aromatic carbocycles. The van der Waals surface area contributed by atoms with Gasteiger partial charge in [-0.15, -0.1) is 0 Å². The van der Waals surface area contributed by atoms with Crippen LogP contribution in [0.3, 0.4) is 0 Å². The maximum absolute atomic E-state index is 10.3. The van der Waals surface area contributed by atoms with Gasteiger partial charge in [0.1, 0.15) is 4.60 Å². The van der Waals surface area contributed by atoms with Crippen molar-refractivity contribution in [1.82, 2.24) is 9.97 Å². The van der Waals surface area contributed by atoms with Crippen molar-refractivity contribution in [2.24, 2.45) is 0 Å². The zero-order valence-electron chi connectivity index (χ0n) is 5.08. The summed E-state index contributed by atoms with van der Waals surface area (Å²) in [6.45, 7) is 0. The number of aromatic carboxylic acids is 1. The Morgan fingerprint density at radius 2 is 2.36 bits per heavy atom. The molecule has 1 heterocycles. The summed E-state index contributed by atoms with van der Waals surface area (Å²) in [6.07, 6.45) is 1.09. The molecule has 1 aromatic heterocycles. The minimum Gasteiger partial charge on any atom is -0.476 e. The summed E-state index contributed by atoms with van der Waals surface area (Å²) in [6, 6.07) is 0. The average Bonchev–Trinajstić information content (AvgIpc) is 1.94. The van der Waals surface area contributed by atoms with Gasteiger partial charge in [-0.1, -0.05) is 11.6 Å². The van der Waals surface area contributed by atoms with Gasteiger partial charge in [-0.3, -0.25) is 0 Å². The summed E-state index contributed by atoms with van der Waals surface area (Å²) in [4.78, 5) is 17.5. The van der Waals surface area contributed by atoms with E-state index >= 15 is 0 Å². The van der Waals surface area contributed by atoms with Gasteiger partial charge < -0.3 is 5.11 Å². The third-order valence-electron chi connectivity index (χ3n) is 0.908. The summed E-state index contributed by atoms with van der Waals surface area (Å²) in [5.41, 5.74) is -0.138. The van der Waals surface area contributed by atoms with E-state index in [2.05, 4.69) is 25.9 Å². The molecule has 1 rings (SSSR count). The number of halogens is 2. The highest BCUT2D eigenvalue weighted by Crippen LogP contribution is 2.16. The predicted molar refractivity (Wildman–Crippen MR) is 41.7 cm³/mol. The highest BCUT2D eigenvalue weighted by atomic mass is 79.9. The first-order chi connectivity index (χ1) is 5.11. The van der Waals surface area contributed by atoms with Crippen LogP contribution in [-0.4, -0.2) is 21.0 Å². The summed E-state index contributed by atoms with van der Waals surface area (Å²) < 4.78 is 0.235. The second-order valence-corrected chi connectivity index (χ2v) is 2.75. The van der Waals surface area contributed by atoms with Gasteiger partial charge in [0.05, 0.1) is 6.20 Å². The molecule has 0 radical (unpaired) electrons. The zero-order chi connectivity index (χ0) is 8.43. The largest absolute Gasteiger partial charge is 0.476 e. The smallest absolute Gasteiger partial charge is 0.356 e. The van der Waals surface area contributed by atoms with E-state index in [1.54, 1.807) is 0 Å². The summed E-state index contributed by atoms with van der Waals surface area (Å²) in [5, 5.41) is 8.58. The quantitative estimate of drug-likeness (QED) is 0.805. The molecular weight excluding hydrogens is 235 g/mol. The molecule has 0 spiro atoms. The molecule has 0 saturated carbocycles. The molecule has 0 aliphatic heterocycles. The molecule has 4 nitrogen and oxygen atoms in total. The summed E-state index contributed by atoms with van der Waals surface area (Å²) in [7, 11) is 0. The monoisotopic (exact) mass is 236 g/mol. The number of rotatable bonds is 1. The Balaban J connectivity index is 3.15. The highest BCUT2D eigenvalue weighted by molar-refractivity contribution is 9.10. The second-order valence-electron chi connectivity index (χ2n) is 1.64. The first-order valence-electron chi connectivity index (χ1n) is 2.52. The van der Waals surface area contributed by atoms with Crippen LogP contribution in [0.25, 0.3) is 0 Å². The maximum Gasteiger partial charge on any atom is 0.356 e. The van der Waals surface area contributed by atoms with Gasteiger partial charge in [0.15, 0.2) is 10.8 Å². The summed E-state index contributed by atoms with van der Waals surface area (Å²) >= 11 is 8.42. The number of carbonyl (C=O) groups is 1. The number of aromatic nitrogens is 2. The summed E-state index contributed by atoms with van der Waals surface area (Å²) in [5.74, 6) is -1.13. The molecule has 0 fully saturated rings.